The monoisotopic (exact) mass is 359 g/mol. The van der Waals surface area contributed by atoms with Crippen molar-refractivity contribution in [3.05, 3.63) is 29.8 Å². The minimum absolute atomic E-state index is 0.114. The standard InChI is InChI=1S/C21H29NO4/c1-24-18-8-6-16(7-9-18)20(23)22-14-17-4-2-3-5-19(17)26-21(15-22)10-12-25-13-11-21/h2-5,16,18H,6-15H2,1H3. The maximum Gasteiger partial charge on any atom is 0.226 e. The van der Waals surface area contributed by atoms with E-state index in [2.05, 4.69) is 11.0 Å². The molecule has 2 aliphatic heterocycles. The Labute approximate surface area is 155 Å². The molecule has 0 atom stereocenters. The molecule has 2 fully saturated rings. The van der Waals surface area contributed by atoms with Crippen LogP contribution in [0.3, 0.4) is 0 Å². The number of rotatable bonds is 2. The van der Waals surface area contributed by atoms with Crippen molar-refractivity contribution in [2.45, 2.75) is 56.8 Å². The Bertz CT molecular complexity index is 633. The molecule has 1 amide bonds. The fourth-order valence-corrected chi connectivity index (χ4v) is 4.57. The SMILES string of the molecule is COC1CCC(C(=O)N2Cc3ccccc3OC3(CCOCC3)C2)CC1. The van der Waals surface area contributed by atoms with Crippen LogP contribution in [0.1, 0.15) is 44.1 Å². The van der Waals surface area contributed by atoms with Crippen LogP contribution >= 0.6 is 0 Å². The molecular formula is C21H29NO4. The van der Waals surface area contributed by atoms with Gasteiger partial charge in [0.15, 0.2) is 0 Å². The highest BCUT2D eigenvalue weighted by Gasteiger charge is 2.42. The number of amides is 1. The largest absolute Gasteiger partial charge is 0.485 e. The van der Waals surface area contributed by atoms with Gasteiger partial charge in [-0.15, -0.1) is 0 Å². The second-order valence-electron chi connectivity index (χ2n) is 7.91. The van der Waals surface area contributed by atoms with Crippen LogP contribution < -0.4 is 4.74 Å². The van der Waals surface area contributed by atoms with Crippen molar-refractivity contribution in [3.63, 3.8) is 0 Å². The van der Waals surface area contributed by atoms with Crippen molar-refractivity contribution in [3.8, 4) is 5.75 Å². The average Bonchev–Trinajstić information content (AvgIpc) is 2.84. The third-order valence-corrected chi connectivity index (χ3v) is 6.21. The van der Waals surface area contributed by atoms with Crippen molar-refractivity contribution in [1.29, 1.82) is 0 Å². The number of hydrogen-bond donors (Lipinski definition) is 0. The fraction of sp³-hybridized carbons (Fsp3) is 0.667. The molecule has 0 bridgehead atoms. The maximum absolute atomic E-state index is 13.3. The highest BCUT2D eigenvalue weighted by molar-refractivity contribution is 5.79. The summed E-state index contributed by atoms with van der Waals surface area (Å²) in [6, 6.07) is 8.14. The smallest absolute Gasteiger partial charge is 0.226 e. The predicted molar refractivity (Wildman–Crippen MR) is 98.0 cm³/mol. The highest BCUT2D eigenvalue weighted by Crippen LogP contribution is 2.36. The Balaban J connectivity index is 1.55. The molecule has 5 nitrogen and oxygen atoms in total. The zero-order valence-corrected chi connectivity index (χ0v) is 15.6. The van der Waals surface area contributed by atoms with E-state index in [-0.39, 0.29) is 17.4 Å². The summed E-state index contributed by atoms with van der Waals surface area (Å²) in [5.41, 5.74) is 0.791. The van der Waals surface area contributed by atoms with Gasteiger partial charge in [0.1, 0.15) is 11.4 Å². The van der Waals surface area contributed by atoms with Gasteiger partial charge in [-0.2, -0.15) is 0 Å². The predicted octanol–water partition coefficient (Wildman–Crippen LogP) is 3.16. The van der Waals surface area contributed by atoms with E-state index in [1.807, 2.05) is 18.2 Å². The highest BCUT2D eigenvalue weighted by atomic mass is 16.5. The van der Waals surface area contributed by atoms with Crippen LogP contribution in [0.5, 0.6) is 5.75 Å². The van der Waals surface area contributed by atoms with Gasteiger partial charge in [-0.3, -0.25) is 4.79 Å². The molecule has 2 heterocycles. The topological polar surface area (TPSA) is 48.0 Å². The third-order valence-electron chi connectivity index (χ3n) is 6.21. The van der Waals surface area contributed by atoms with Gasteiger partial charge in [0, 0.05) is 38.0 Å². The van der Waals surface area contributed by atoms with Gasteiger partial charge in [0.2, 0.25) is 5.91 Å². The number of fused-ring (bicyclic) bond motifs is 1. The van der Waals surface area contributed by atoms with Gasteiger partial charge < -0.3 is 19.1 Å². The first-order valence-corrected chi connectivity index (χ1v) is 9.85. The number of ether oxygens (including phenoxy) is 3. The molecule has 0 radical (unpaired) electrons. The number of benzene rings is 1. The zero-order valence-electron chi connectivity index (χ0n) is 15.6. The van der Waals surface area contributed by atoms with Crippen molar-refractivity contribution >= 4 is 5.91 Å². The minimum Gasteiger partial charge on any atom is -0.485 e. The van der Waals surface area contributed by atoms with Gasteiger partial charge in [-0.05, 0) is 31.7 Å². The molecule has 1 aliphatic carbocycles. The average molecular weight is 359 g/mol. The summed E-state index contributed by atoms with van der Waals surface area (Å²) in [4.78, 5) is 15.4. The van der Waals surface area contributed by atoms with Crippen LogP contribution in [0.25, 0.3) is 0 Å². The molecule has 26 heavy (non-hydrogen) atoms. The summed E-state index contributed by atoms with van der Waals surface area (Å²) in [5, 5.41) is 0. The normalized spacial score (nSPS) is 28.1. The molecule has 4 rings (SSSR count). The second kappa shape index (κ2) is 7.57. The fourth-order valence-electron chi connectivity index (χ4n) is 4.57. The Hall–Kier alpha value is -1.59. The van der Waals surface area contributed by atoms with Gasteiger partial charge in [-0.1, -0.05) is 18.2 Å². The van der Waals surface area contributed by atoms with Crippen molar-refractivity contribution in [1.82, 2.24) is 4.90 Å². The van der Waals surface area contributed by atoms with E-state index in [0.29, 0.717) is 32.4 Å². The Morgan fingerprint density at radius 2 is 1.88 bits per heavy atom. The molecule has 1 aromatic carbocycles. The van der Waals surface area contributed by atoms with Crippen LogP contribution in [-0.4, -0.2) is 49.4 Å². The molecule has 0 aromatic heterocycles. The quantitative estimate of drug-likeness (QED) is 0.814. The lowest BCUT2D eigenvalue weighted by Gasteiger charge is -2.40. The molecule has 1 saturated carbocycles. The minimum atomic E-state index is -0.315. The summed E-state index contributed by atoms with van der Waals surface area (Å²) in [7, 11) is 1.77. The number of para-hydroxylation sites is 1. The number of hydrogen-bond acceptors (Lipinski definition) is 4. The number of nitrogens with zero attached hydrogens (tertiary/aromatic N) is 1. The molecule has 5 heteroatoms. The van der Waals surface area contributed by atoms with Crippen LogP contribution in [0.4, 0.5) is 0 Å². The maximum atomic E-state index is 13.3. The van der Waals surface area contributed by atoms with E-state index in [4.69, 9.17) is 14.2 Å². The molecule has 1 saturated heterocycles. The molecular weight excluding hydrogens is 330 g/mol. The van der Waals surface area contributed by atoms with Crippen molar-refractivity contribution in [2.75, 3.05) is 26.9 Å². The first-order valence-electron chi connectivity index (χ1n) is 9.85. The number of carbonyl (C=O) groups is 1. The van der Waals surface area contributed by atoms with Crippen LogP contribution in [0, 0.1) is 5.92 Å². The lowest BCUT2D eigenvalue weighted by Crippen LogP contribution is -2.52. The van der Waals surface area contributed by atoms with E-state index in [0.717, 1.165) is 49.8 Å². The number of methoxy groups -OCH3 is 1. The molecule has 3 aliphatic rings. The third kappa shape index (κ3) is 3.60. The summed E-state index contributed by atoms with van der Waals surface area (Å²) >= 11 is 0. The van der Waals surface area contributed by atoms with E-state index in [1.165, 1.54) is 0 Å². The first-order chi connectivity index (χ1) is 12.7. The Morgan fingerprint density at radius 1 is 1.15 bits per heavy atom. The zero-order chi connectivity index (χ0) is 18.0. The Kier molecular flexibility index (Phi) is 5.18. The van der Waals surface area contributed by atoms with E-state index < -0.39 is 0 Å². The van der Waals surface area contributed by atoms with Gasteiger partial charge >= 0.3 is 0 Å². The number of carbonyl (C=O) groups excluding carboxylic acids is 1. The summed E-state index contributed by atoms with van der Waals surface area (Å²) in [6.45, 7) is 2.70. The molecule has 1 spiro atoms. The lowest BCUT2D eigenvalue weighted by atomic mass is 9.85. The summed E-state index contributed by atoms with van der Waals surface area (Å²) < 4.78 is 17.5. The van der Waals surface area contributed by atoms with E-state index in [9.17, 15) is 4.79 Å². The summed E-state index contributed by atoms with van der Waals surface area (Å²) in [6.07, 6.45) is 5.79. The molecule has 142 valence electrons. The Morgan fingerprint density at radius 3 is 2.62 bits per heavy atom. The van der Waals surface area contributed by atoms with Crippen LogP contribution in [0.15, 0.2) is 24.3 Å². The van der Waals surface area contributed by atoms with E-state index >= 15 is 0 Å². The molecule has 0 unspecified atom stereocenters. The van der Waals surface area contributed by atoms with E-state index in [1.54, 1.807) is 7.11 Å². The lowest BCUT2D eigenvalue weighted by molar-refractivity contribution is -0.142. The van der Waals surface area contributed by atoms with Gasteiger partial charge in [0.05, 0.1) is 25.9 Å². The summed E-state index contributed by atoms with van der Waals surface area (Å²) in [5.74, 6) is 1.32. The van der Waals surface area contributed by atoms with Crippen LogP contribution in [-0.2, 0) is 20.8 Å². The van der Waals surface area contributed by atoms with Crippen LogP contribution in [0.2, 0.25) is 0 Å². The van der Waals surface area contributed by atoms with Crippen molar-refractivity contribution < 1.29 is 19.0 Å². The van der Waals surface area contributed by atoms with Gasteiger partial charge in [-0.25, -0.2) is 0 Å². The van der Waals surface area contributed by atoms with Crippen molar-refractivity contribution in [2.24, 2.45) is 5.92 Å². The molecule has 1 aromatic rings. The first kappa shape index (κ1) is 17.8. The second-order valence-corrected chi connectivity index (χ2v) is 7.91. The molecule has 0 N–H and O–H groups in total. The van der Waals surface area contributed by atoms with Gasteiger partial charge in [0.25, 0.3) is 0 Å².